The van der Waals surface area contributed by atoms with Crippen LogP contribution in [0.25, 0.3) is 0 Å². The predicted molar refractivity (Wildman–Crippen MR) is 73.3 cm³/mol. The van der Waals surface area contributed by atoms with Gasteiger partial charge in [-0.2, -0.15) is 0 Å². The van der Waals surface area contributed by atoms with Gasteiger partial charge in [-0.05, 0) is 38.3 Å². The Kier molecular flexibility index (Phi) is 2.97. The van der Waals surface area contributed by atoms with Crippen molar-refractivity contribution < 1.29 is 4.79 Å². The van der Waals surface area contributed by atoms with Crippen molar-refractivity contribution in [2.45, 2.75) is 32.4 Å². The van der Waals surface area contributed by atoms with Crippen LogP contribution < -0.4 is 11.1 Å². The SMILES string of the molecule is CC1=C(N)N2C=C(C(=O)N3CCCCC3)C=CC2N1. The third kappa shape index (κ3) is 2.09. The zero-order chi connectivity index (χ0) is 13.4. The molecule has 1 saturated heterocycles. The molecular formula is C14H20N4O. The molecule has 102 valence electrons. The van der Waals surface area contributed by atoms with Gasteiger partial charge in [-0.1, -0.05) is 0 Å². The number of nitrogens with one attached hydrogen (secondary N) is 1. The van der Waals surface area contributed by atoms with Crippen LogP contribution in [0.2, 0.25) is 0 Å². The van der Waals surface area contributed by atoms with Crippen LogP contribution in [0.4, 0.5) is 0 Å². The van der Waals surface area contributed by atoms with Crippen LogP contribution in [0.3, 0.4) is 0 Å². The number of piperidine rings is 1. The number of allylic oxidation sites excluding steroid dienone is 1. The first-order valence-electron chi connectivity index (χ1n) is 6.87. The number of hydrogen-bond acceptors (Lipinski definition) is 4. The van der Waals surface area contributed by atoms with Crippen molar-refractivity contribution in [2.24, 2.45) is 5.73 Å². The lowest BCUT2D eigenvalue weighted by atomic mass is 10.1. The normalized spacial score (nSPS) is 26.2. The maximum absolute atomic E-state index is 12.4. The van der Waals surface area contributed by atoms with E-state index in [2.05, 4.69) is 5.32 Å². The van der Waals surface area contributed by atoms with Gasteiger partial charge in [-0.15, -0.1) is 0 Å². The molecular weight excluding hydrogens is 240 g/mol. The summed E-state index contributed by atoms with van der Waals surface area (Å²) in [4.78, 5) is 16.3. The molecule has 3 aliphatic rings. The molecule has 3 heterocycles. The van der Waals surface area contributed by atoms with Gasteiger partial charge in [-0.25, -0.2) is 0 Å². The highest BCUT2D eigenvalue weighted by molar-refractivity contribution is 5.96. The molecule has 5 nitrogen and oxygen atoms in total. The molecule has 1 unspecified atom stereocenters. The minimum absolute atomic E-state index is 0.0536. The summed E-state index contributed by atoms with van der Waals surface area (Å²) in [6, 6.07) is 0. The van der Waals surface area contributed by atoms with E-state index in [4.69, 9.17) is 5.73 Å². The van der Waals surface area contributed by atoms with Gasteiger partial charge in [0.15, 0.2) is 0 Å². The van der Waals surface area contributed by atoms with Crippen molar-refractivity contribution in [1.29, 1.82) is 0 Å². The molecule has 0 aromatic heterocycles. The lowest BCUT2D eigenvalue weighted by molar-refractivity contribution is -0.127. The molecule has 19 heavy (non-hydrogen) atoms. The number of amides is 1. The third-order valence-electron chi connectivity index (χ3n) is 3.95. The lowest BCUT2D eigenvalue weighted by Gasteiger charge is -2.30. The highest BCUT2D eigenvalue weighted by atomic mass is 16.2. The number of carbonyl (C=O) groups is 1. The van der Waals surface area contributed by atoms with E-state index < -0.39 is 0 Å². The number of hydrogen-bond donors (Lipinski definition) is 2. The van der Waals surface area contributed by atoms with Gasteiger partial charge >= 0.3 is 0 Å². The highest BCUT2D eigenvalue weighted by Gasteiger charge is 2.29. The smallest absolute Gasteiger partial charge is 0.255 e. The standard InChI is InChI=1S/C14H20N4O/c1-10-13(15)18-9-11(5-6-12(18)16-10)14(19)17-7-3-2-4-8-17/h5-6,9,12,16H,2-4,7-8,15H2,1H3. The first-order chi connectivity index (χ1) is 9.16. The molecule has 3 N–H and O–H groups in total. The number of carbonyl (C=O) groups excluding carboxylic acids is 1. The molecule has 0 bridgehead atoms. The Labute approximate surface area is 113 Å². The van der Waals surface area contributed by atoms with E-state index in [1.807, 2.05) is 35.1 Å². The lowest BCUT2D eigenvalue weighted by Crippen LogP contribution is -2.40. The van der Waals surface area contributed by atoms with Crippen molar-refractivity contribution in [1.82, 2.24) is 15.1 Å². The van der Waals surface area contributed by atoms with Crippen molar-refractivity contribution in [3.05, 3.63) is 35.4 Å². The van der Waals surface area contributed by atoms with Gasteiger partial charge in [0.25, 0.3) is 5.91 Å². The first-order valence-corrected chi connectivity index (χ1v) is 6.87. The summed E-state index contributed by atoms with van der Waals surface area (Å²) in [5.74, 6) is 0.810. The summed E-state index contributed by atoms with van der Waals surface area (Å²) in [7, 11) is 0. The molecule has 5 heteroatoms. The number of likely N-dealkylation sites (tertiary alicyclic amines) is 1. The Morgan fingerprint density at radius 3 is 2.84 bits per heavy atom. The zero-order valence-electron chi connectivity index (χ0n) is 11.2. The number of rotatable bonds is 1. The first kappa shape index (κ1) is 12.1. The molecule has 0 radical (unpaired) electrons. The van der Waals surface area contributed by atoms with Crippen molar-refractivity contribution in [3.63, 3.8) is 0 Å². The average Bonchev–Trinajstić information content (AvgIpc) is 2.74. The summed E-state index contributed by atoms with van der Waals surface area (Å²) in [5, 5.41) is 3.27. The fraction of sp³-hybridized carbons (Fsp3) is 0.500. The van der Waals surface area contributed by atoms with Crippen LogP contribution in [0.15, 0.2) is 35.4 Å². The maximum Gasteiger partial charge on any atom is 0.255 e. The number of nitrogens with two attached hydrogens (primary N) is 1. The Bertz CT molecular complexity index is 486. The second-order valence-electron chi connectivity index (χ2n) is 5.30. The van der Waals surface area contributed by atoms with Gasteiger partial charge in [0.2, 0.25) is 0 Å². The highest BCUT2D eigenvalue weighted by Crippen LogP contribution is 2.24. The van der Waals surface area contributed by atoms with E-state index in [9.17, 15) is 4.79 Å². The Morgan fingerprint density at radius 2 is 2.11 bits per heavy atom. The van der Waals surface area contributed by atoms with Gasteiger partial charge in [0.1, 0.15) is 12.0 Å². The summed E-state index contributed by atoms with van der Waals surface area (Å²) >= 11 is 0. The molecule has 1 amide bonds. The molecule has 3 aliphatic heterocycles. The minimum Gasteiger partial charge on any atom is -0.384 e. The van der Waals surface area contributed by atoms with Crippen LogP contribution in [0, 0.1) is 0 Å². The molecule has 0 aliphatic carbocycles. The number of nitrogens with zero attached hydrogens (tertiary/aromatic N) is 2. The quantitative estimate of drug-likeness (QED) is 0.733. The van der Waals surface area contributed by atoms with Crippen molar-refractivity contribution in [3.8, 4) is 0 Å². The van der Waals surface area contributed by atoms with E-state index in [0.29, 0.717) is 5.82 Å². The van der Waals surface area contributed by atoms with Gasteiger partial charge in [0.05, 0.1) is 11.3 Å². The van der Waals surface area contributed by atoms with E-state index in [1.165, 1.54) is 6.42 Å². The molecule has 1 fully saturated rings. The van der Waals surface area contributed by atoms with E-state index >= 15 is 0 Å². The molecule has 0 aromatic carbocycles. The predicted octanol–water partition coefficient (Wildman–Crippen LogP) is 0.832. The van der Waals surface area contributed by atoms with Gasteiger partial charge in [-0.3, -0.25) is 4.79 Å². The topological polar surface area (TPSA) is 61.6 Å². The molecule has 1 atom stereocenters. The minimum atomic E-state index is 0.0536. The Morgan fingerprint density at radius 1 is 1.37 bits per heavy atom. The zero-order valence-corrected chi connectivity index (χ0v) is 11.2. The number of fused-ring (bicyclic) bond motifs is 1. The molecule has 3 rings (SSSR count). The largest absolute Gasteiger partial charge is 0.384 e. The summed E-state index contributed by atoms with van der Waals surface area (Å²) in [5.41, 5.74) is 7.69. The summed E-state index contributed by atoms with van der Waals surface area (Å²) in [6.07, 6.45) is 9.25. The molecule has 0 spiro atoms. The van der Waals surface area contributed by atoms with Crippen LogP contribution in [-0.2, 0) is 4.79 Å². The third-order valence-corrected chi connectivity index (χ3v) is 3.95. The Balaban J connectivity index is 1.78. The van der Waals surface area contributed by atoms with Gasteiger partial charge < -0.3 is 20.9 Å². The summed E-state index contributed by atoms with van der Waals surface area (Å²) in [6.45, 7) is 3.69. The molecule has 0 aromatic rings. The van der Waals surface area contributed by atoms with Crippen LogP contribution in [0.5, 0.6) is 0 Å². The molecule has 0 saturated carbocycles. The van der Waals surface area contributed by atoms with E-state index in [-0.39, 0.29) is 12.1 Å². The van der Waals surface area contributed by atoms with Crippen LogP contribution in [0.1, 0.15) is 26.2 Å². The monoisotopic (exact) mass is 260 g/mol. The van der Waals surface area contributed by atoms with Crippen molar-refractivity contribution >= 4 is 5.91 Å². The second-order valence-corrected chi connectivity index (χ2v) is 5.30. The van der Waals surface area contributed by atoms with E-state index in [1.54, 1.807) is 0 Å². The second kappa shape index (κ2) is 4.64. The van der Waals surface area contributed by atoms with Crippen LogP contribution in [-0.4, -0.2) is 35.0 Å². The van der Waals surface area contributed by atoms with Gasteiger partial charge in [0, 0.05) is 19.3 Å². The van der Waals surface area contributed by atoms with Crippen molar-refractivity contribution in [2.75, 3.05) is 13.1 Å². The maximum atomic E-state index is 12.4. The van der Waals surface area contributed by atoms with Crippen LogP contribution >= 0.6 is 0 Å². The fourth-order valence-corrected chi connectivity index (χ4v) is 2.79. The average molecular weight is 260 g/mol. The van der Waals surface area contributed by atoms with E-state index in [0.717, 1.165) is 37.2 Å². The Hall–Kier alpha value is -1.91. The summed E-state index contributed by atoms with van der Waals surface area (Å²) < 4.78 is 0. The fourth-order valence-electron chi connectivity index (χ4n) is 2.79.